The molecule has 0 aromatic heterocycles. The van der Waals surface area contributed by atoms with Crippen molar-refractivity contribution in [3.05, 3.63) is 33.8 Å². The number of rotatable bonds is 4. The molecule has 3 fully saturated rings. The number of hydrogen-bond donors (Lipinski definition) is 1. The monoisotopic (exact) mass is 352 g/mol. The van der Waals surface area contributed by atoms with Crippen LogP contribution in [0.2, 0.25) is 0 Å². The Hall–Kier alpha value is -0.910. The van der Waals surface area contributed by atoms with E-state index in [1.165, 1.54) is 45.1 Å². The smallest absolute Gasteiger partial charge is 0.337 e. The second-order valence-corrected chi connectivity index (χ2v) is 6.78. The first-order chi connectivity index (χ1) is 10.2. The molecular formula is C16H21BrN2O2. The van der Waals surface area contributed by atoms with Crippen molar-refractivity contribution in [3.8, 4) is 0 Å². The van der Waals surface area contributed by atoms with Crippen molar-refractivity contribution >= 4 is 21.9 Å². The fourth-order valence-electron chi connectivity index (χ4n) is 3.37. The highest BCUT2D eigenvalue weighted by Gasteiger charge is 2.33. The summed E-state index contributed by atoms with van der Waals surface area (Å²) in [5, 5.41) is 3.68. The standard InChI is InChI=1S/C16H21BrN2O2/c1-21-16(20)12-2-3-13(14(17)8-12)9-18-15-10-19-6-4-11(15)5-7-19/h2-3,8,11,15,18H,4-7,9-10H2,1H3. The summed E-state index contributed by atoms with van der Waals surface area (Å²) in [6.07, 6.45) is 2.64. The van der Waals surface area contributed by atoms with Crippen molar-refractivity contribution in [3.63, 3.8) is 0 Å². The van der Waals surface area contributed by atoms with E-state index in [2.05, 4.69) is 26.1 Å². The van der Waals surface area contributed by atoms with Crippen molar-refractivity contribution in [2.75, 3.05) is 26.7 Å². The van der Waals surface area contributed by atoms with Gasteiger partial charge in [-0.05, 0) is 49.5 Å². The minimum Gasteiger partial charge on any atom is -0.465 e. The Bertz CT molecular complexity index is 527. The van der Waals surface area contributed by atoms with Gasteiger partial charge in [-0.25, -0.2) is 4.79 Å². The van der Waals surface area contributed by atoms with E-state index in [0.29, 0.717) is 11.6 Å². The first kappa shape index (κ1) is 15.0. The molecule has 4 nitrogen and oxygen atoms in total. The van der Waals surface area contributed by atoms with Crippen molar-refractivity contribution in [1.82, 2.24) is 10.2 Å². The molecule has 0 spiro atoms. The van der Waals surface area contributed by atoms with Crippen LogP contribution < -0.4 is 5.32 Å². The van der Waals surface area contributed by atoms with Gasteiger partial charge in [0, 0.05) is 23.6 Å². The Kier molecular flexibility index (Phi) is 4.62. The van der Waals surface area contributed by atoms with Gasteiger partial charge in [0.2, 0.25) is 0 Å². The van der Waals surface area contributed by atoms with Gasteiger partial charge < -0.3 is 15.0 Å². The number of benzene rings is 1. The van der Waals surface area contributed by atoms with E-state index in [4.69, 9.17) is 4.74 Å². The van der Waals surface area contributed by atoms with Gasteiger partial charge in [0.1, 0.15) is 0 Å². The minimum atomic E-state index is -0.299. The van der Waals surface area contributed by atoms with Gasteiger partial charge >= 0.3 is 5.97 Å². The zero-order valence-electron chi connectivity index (χ0n) is 12.3. The predicted molar refractivity (Wildman–Crippen MR) is 85.3 cm³/mol. The van der Waals surface area contributed by atoms with Crippen LogP contribution in [0.15, 0.2) is 22.7 Å². The van der Waals surface area contributed by atoms with Crippen LogP contribution in [0.25, 0.3) is 0 Å². The summed E-state index contributed by atoms with van der Waals surface area (Å²) in [6.45, 7) is 4.53. The zero-order valence-corrected chi connectivity index (χ0v) is 13.9. The third-order valence-electron chi connectivity index (χ3n) is 4.69. The van der Waals surface area contributed by atoms with Gasteiger partial charge in [-0.2, -0.15) is 0 Å². The predicted octanol–water partition coefficient (Wildman–Crippen LogP) is 2.42. The van der Waals surface area contributed by atoms with E-state index >= 15 is 0 Å². The number of carbonyl (C=O) groups excluding carboxylic acids is 1. The minimum absolute atomic E-state index is 0.299. The molecule has 0 saturated carbocycles. The van der Waals surface area contributed by atoms with Crippen LogP contribution in [0.1, 0.15) is 28.8 Å². The van der Waals surface area contributed by atoms with Crippen molar-refractivity contribution in [1.29, 1.82) is 0 Å². The number of piperidine rings is 3. The molecule has 1 unspecified atom stereocenters. The Labute approximate surface area is 134 Å². The van der Waals surface area contributed by atoms with Crippen LogP contribution in [-0.4, -0.2) is 43.7 Å². The SMILES string of the molecule is COC(=O)c1ccc(CNC2CN3CCC2CC3)c(Br)c1. The molecule has 2 bridgehead atoms. The lowest BCUT2D eigenvalue weighted by molar-refractivity contribution is 0.0600. The molecule has 4 rings (SSSR count). The molecule has 0 amide bonds. The Morgan fingerprint density at radius 1 is 1.43 bits per heavy atom. The third-order valence-corrected chi connectivity index (χ3v) is 5.42. The van der Waals surface area contributed by atoms with Crippen molar-refractivity contribution in [2.45, 2.75) is 25.4 Å². The molecule has 1 aromatic rings. The highest BCUT2D eigenvalue weighted by Crippen LogP contribution is 2.28. The normalized spacial score (nSPS) is 27.6. The zero-order chi connectivity index (χ0) is 14.8. The van der Waals surface area contributed by atoms with Gasteiger partial charge in [-0.15, -0.1) is 0 Å². The van der Waals surface area contributed by atoms with E-state index in [1.807, 2.05) is 18.2 Å². The first-order valence-corrected chi connectivity index (χ1v) is 8.29. The second-order valence-electron chi connectivity index (χ2n) is 5.92. The average molecular weight is 353 g/mol. The lowest BCUT2D eigenvalue weighted by Crippen LogP contribution is -2.55. The van der Waals surface area contributed by atoms with Crippen LogP contribution >= 0.6 is 15.9 Å². The van der Waals surface area contributed by atoms with E-state index < -0.39 is 0 Å². The molecule has 3 aliphatic rings. The second kappa shape index (κ2) is 6.46. The molecule has 3 saturated heterocycles. The fourth-order valence-corrected chi connectivity index (χ4v) is 3.89. The van der Waals surface area contributed by atoms with Crippen molar-refractivity contribution in [2.24, 2.45) is 5.92 Å². The van der Waals surface area contributed by atoms with Crippen LogP contribution in [0.4, 0.5) is 0 Å². The molecule has 5 heteroatoms. The van der Waals surface area contributed by atoms with Gasteiger partial charge in [-0.3, -0.25) is 0 Å². The maximum atomic E-state index is 11.5. The number of methoxy groups -OCH3 is 1. The summed E-state index contributed by atoms with van der Waals surface area (Å²) in [5.41, 5.74) is 1.76. The Balaban J connectivity index is 1.61. The summed E-state index contributed by atoms with van der Waals surface area (Å²) in [7, 11) is 1.40. The molecule has 0 radical (unpaired) electrons. The number of nitrogens with zero attached hydrogens (tertiary/aromatic N) is 1. The number of esters is 1. The van der Waals surface area contributed by atoms with Gasteiger partial charge in [0.05, 0.1) is 12.7 Å². The summed E-state index contributed by atoms with van der Waals surface area (Å²) < 4.78 is 5.70. The van der Waals surface area contributed by atoms with Crippen LogP contribution in [0.3, 0.4) is 0 Å². The summed E-state index contributed by atoms with van der Waals surface area (Å²) in [6, 6.07) is 6.24. The lowest BCUT2D eigenvalue weighted by atomic mass is 9.84. The van der Waals surface area contributed by atoms with E-state index in [1.54, 1.807) is 0 Å². The third kappa shape index (κ3) is 3.30. The van der Waals surface area contributed by atoms with E-state index in [0.717, 1.165) is 16.9 Å². The Morgan fingerprint density at radius 2 is 2.19 bits per heavy atom. The molecular weight excluding hydrogens is 332 g/mol. The highest BCUT2D eigenvalue weighted by molar-refractivity contribution is 9.10. The Morgan fingerprint density at radius 3 is 2.76 bits per heavy atom. The first-order valence-electron chi connectivity index (χ1n) is 7.50. The molecule has 0 aliphatic carbocycles. The maximum absolute atomic E-state index is 11.5. The molecule has 1 aromatic carbocycles. The van der Waals surface area contributed by atoms with E-state index in [9.17, 15) is 4.79 Å². The van der Waals surface area contributed by atoms with Crippen LogP contribution in [-0.2, 0) is 11.3 Å². The molecule has 3 heterocycles. The fraction of sp³-hybridized carbons (Fsp3) is 0.562. The molecule has 114 valence electrons. The highest BCUT2D eigenvalue weighted by atomic mass is 79.9. The maximum Gasteiger partial charge on any atom is 0.337 e. The van der Waals surface area contributed by atoms with Gasteiger partial charge in [0.15, 0.2) is 0 Å². The van der Waals surface area contributed by atoms with Crippen LogP contribution in [0, 0.1) is 5.92 Å². The lowest BCUT2D eigenvalue weighted by Gasteiger charge is -2.45. The molecule has 21 heavy (non-hydrogen) atoms. The number of ether oxygens (including phenoxy) is 1. The topological polar surface area (TPSA) is 41.6 Å². The summed E-state index contributed by atoms with van der Waals surface area (Å²) >= 11 is 3.55. The number of hydrogen-bond acceptors (Lipinski definition) is 4. The summed E-state index contributed by atoms with van der Waals surface area (Å²) in [5.74, 6) is 0.524. The number of nitrogens with one attached hydrogen (secondary N) is 1. The molecule has 3 aliphatic heterocycles. The van der Waals surface area contributed by atoms with Gasteiger partial charge in [0.25, 0.3) is 0 Å². The largest absolute Gasteiger partial charge is 0.465 e. The summed E-state index contributed by atoms with van der Waals surface area (Å²) in [4.78, 5) is 14.1. The average Bonchev–Trinajstić information content (AvgIpc) is 2.54. The number of carbonyl (C=O) groups is 1. The van der Waals surface area contributed by atoms with E-state index in [-0.39, 0.29) is 5.97 Å². The van der Waals surface area contributed by atoms with Crippen molar-refractivity contribution < 1.29 is 9.53 Å². The van der Waals surface area contributed by atoms with Crippen LogP contribution in [0.5, 0.6) is 0 Å². The number of halogens is 1. The number of fused-ring (bicyclic) bond motifs is 3. The molecule has 1 N–H and O–H groups in total. The van der Waals surface area contributed by atoms with Gasteiger partial charge in [-0.1, -0.05) is 22.0 Å². The molecule has 1 atom stereocenters. The quantitative estimate of drug-likeness (QED) is 0.845.